The van der Waals surface area contributed by atoms with Crippen molar-refractivity contribution in [3.63, 3.8) is 0 Å². The predicted octanol–water partition coefficient (Wildman–Crippen LogP) is 3.22. The summed E-state index contributed by atoms with van der Waals surface area (Å²) < 4.78 is 0. The van der Waals surface area contributed by atoms with Gasteiger partial charge >= 0.3 is 0 Å². The fourth-order valence-corrected chi connectivity index (χ4v) is 0.757. The van der Waals surface area contributed by atoms with Crippen molar-refractivity contribution in [3.05, 3.63) is 0 Å². The van der Waals surface area contributed by atoms with E-state index < -0.39 is 0 Å². The molecule has 0 N–H and O–H groups in total. The fourth-order valence-electron chi connectivity index (χ4n) is 0.757. The maximum Gasteiger partial charge on any atom is -0.0445 e. The highest BCUT2D eigenvalue weighted by Crippen LogP contribution is 2.09. The molecule has 0 unspecified atom stereocenters. The Morgan fingerprint density at radius 1 is 1.25 bits per heavy atom. The summed E-state index contributed by atoms with van der Waals surface area (Å²) >= 11 is 0. The maximum atomic E-state index is 2.33. The summed E-state index contributed by atoms with van der Waals surface area (Å²) in [6.45, 7) is 6.85. The van der Waals surface area contributed by atoms with E-state index in [4.69, 9.17) is 0 Å². The minimum atomic E-state index is 0.954. The number of rotatable bonds is 4. The Hall–Kier alpha value is 0. The quantitative estimate of drug-likeness (QED) is 0.526. The van der Waals surface area contributed by atoms with Crippen LogP contribution in [0.25, 0.3) is 0 Å². The van der Waals surface area contributed by atoms with Crippen LogP contribution in [-0.4, -0.2) is 0 Å². The molecule has 0 nitrogen and oxygen atoms in total. The first-order chi connectivity index (χ1) is 3.81. The molecule has 0 heteroatoms. The van der Waals surface area contributed by atoms with Gasteiger partial charge in [-0.05, 0) is 5.92 Å². The van der Waals surface area contributed by atoms with Crippen LogP contribution >= 0.6 is 0 Å². The van der Waals surface area contributed by atoms with E-state index in [0.29, 0.717) is 0 Å². The topological polar surface area (TPSA) is 0 Å². The molecule has 0 aromatic rings. The van der Waals surface area contributed by atoms with Crippen LogP contribution in [0.4, 0.5) is 0 Å². The second-order valence-electron chi connectivity index (χ2n) is 2.66. The summed E-state index contributed by atoms with van der Waals surface area (Å²) in [5, 5.41) is 0. The van der Waals surface area contributed by atoms with Crippen LogP contribution in [-0.2, 0) is 0 Å². The van der Waals surface area contributed by atoms with Gasteiger partial charge in [-0.2, -0.15) is 0 Å². The van der Waals surface area contributed by atoms with Crippen molar-refractivity contribution in [2.24, 2.45) is 5.92 Å². The molecule has 0 bridgehead atoms. The molecule has 1 atom stereocenters. The molecule has 0 rings (SSSR count). The Morgan fingerprint density at radius 3 is 2.25 bits per heavy atom. The van der Waals surface area contributed by atoms with Gasteiger partial charge in [0.05, 0.1) is 0 Å². The largest absolute Gasteiger partial charge is 0.0654 e. The van der Waals surface area contributed by atoms with Crippen molar-refractivity contribution >= 4 is 0 Å². The fraction of sp³-hybridized carbons (Fsp3) is 1.00. The molecule has 0 heterocycles. The standard InChI is InChI=1S/C8H18/c1-4-6-7-8(3)5-2/h8H,4-7H2,1-3H3/t8-/m0/s1. The van der Waals surface area contributed by atoms with Crippen molar-refractivity contribution in [2.75, 3.05) is 0 Å². The normalized spacial score (nSPS) is 13.9. The van der Waals surface area contributed by atoms with Crippen LogP contribution in [0, 0.1) is 5.92 Å². The lowest BCUT2D eigenvalue weighted by molar-refractivity contribution is 0.492. The van der Waals surface area contributed by atoms with Gasteiger partial charge in [0.25, 0.3) is 0 Å². The van der Waals surface area contributed by atoms with Crippen LogP contribution in [0.3, 0.4) is 0 Å². The van der Waals surface area contributed by atoms with E-state index in [0.717, 1.165) is 5.92 Å². The molecule has 0 fully saturated rings. The second-order valence-corrected chi connectivity index (χ2v) is 2.66. The highest BCUT2D eigenvalue weighted by Gasteiger charge is 1.94. The molecule has 50 valence electrons. The molecule has 0 aliphatic rings. The lowest BCUT2D eigenvalue weighted by atomic mass is 10.0. The second kappa shape index (κ2) is 5.14. The van der Waals surface area contributed by atoms with Gasteiger partial charge in [-0.15, -0.1) is 0 Å². The molecule has 0 aliphatic carbocycles. The summed E-state index contributed by atoms with van der Waals surface area (Å²) in [6, 6.07) is 0. The molecule has 0 aromatic heterocycles. The number of unbranched alkanes of at least 4 members (excludes halogenated alkanes) is 1. The van der Waals surface area contributed by atoms with E-state index in [1.807, 2.05) is 0 Å². The summed E-state index contributed by atoms with van der Waals surface area (Å²) in [6.07, 6.45) is 5.53. The summed E-state index contributed by atoms with van der Waals surface area (Å²) in [7, 11) is 0. The lowest BCUT2D eigenvalue weighted by Crippen LogP contribution is -1.89. The van der Waals surface area contributed by atoms with Gasteiger partial charge in [0.2, 0.25) is 0 Å². The average molecular weight is 114 g/mol. The van der Waals surface area contributed by atoms with E-state index in [1.54, 1.807) is 0 Å². The Morgan fingerprint density at radius 2 is 1.88 bits per heavy atom. The van der Waals surface area contributed by atoms with Gasteiger partial charge in [-0.25, -0.2) is 0 Å². The van der Waals surface area contributed by atoms with Gasteiger partial charge in [0, 0.05) is 0 Å². The highest BCUT2D eigenvalue weighted by atomic mass is 14.0. The Kier molecular flexibility index (Phi) is 5.14. The Labute approximate surface area is 53.3 Å². The molecule has 8 heavy (non-hydrogen) atoms. The zero-order valence-corrected chi connectivity index (χ0v) is 6.41. The van der Waals surface area contributed by atoms with Crippen molar-refractivity contribution in [1.29, 1.82) is 0 Å². The molecule has 0 saturated heterocycles. The zero-order valence-electron chi connectivity index (χ0n) is 6.41. The smallest absolute Gasteiger partial charge is 0.0445 e. The Balaban J connectivity index is 2.86. The minimum absolute atomic E-state index is 0.954. The van der Waals surface area contributed by atoms with Crippen molar-refractivity contribution in [2.45, 2.75) is 46.5 Å². The first kappa shape index (κ1) is 8.00. The van der Waals surface area contributed by atoms with Crippen LogP contribution in [0.15, 0.2) is 0 Å². The third-order valence-electron chi connectivity index (χ3n) is 1.75. The minimum Gasteiger partial charge on any atom is -0.0654 e. The highest BCUT2D eigenvalue weighted by molar-refractivity contribution is 4.47. The third kappa shape index (κ3) is 4.17. The molecule has 0 amide bonds. The molecular weight excluding hydrogens is 96.1 g/mol. The predicted molar refractivity (Wildman–Crippen MR) is 39.0 cm³/mol. The summed E-state index contributed by atoms with van der Waals surface area (Å²) in [5.74, 6) is 0.954. The number of hydrogen-bond acceptors (Lipinski definition) is 0. The summed E-state index contributed by atoms with van der Waals surface area (Å²) in [5.41, 5.74) is 0. The van der Waals surface area contributed by atoms with Crippen molar-refractivity contribution in [3.8, 4) is 0 Å². The van der Waals surface area contributed by atoms with Crippen molar-refractivity contribution < 1.29 is 0 Å². The van der Waals surface area contributed by atoms with Crippen LogP contribution in [0.1, 0.15) is 46.5 Å². The zero-order chi connectivity index (χ0) is 6.41. The van der Waals surface area contributed by atoms with Gasteiger partial charge < -0.3 is 0 Å². The van der Waals surface area contributed by atoms with E-state index in [9.17, 15) is 0 Å². The molecule has 0 saturated carbocycles. The van der Waals surface area contributed by atoms with Crippen molar-refractivity contribution in [1.82, 2.24) is 0 Å². The monoisotopic (exact) mass is 114 g/mol. The summed E-state index contributed by atoms with van der Waals surface area (Å²) in [4.78, 5) is 0. The van der Waals surface area contributed by atoms with E-state index in [-0.39, 0.29) is 0 Å². The maximum absolute atomic E-state index is 2.33. The molecule has 0 aromatic carbocycles. The van der Waals surface area contributed by atoms with Crippen LogP contribution < -0.4 is 0 Å². The molecular formula is C8H18. The molecule has 0 radical (unpaired) electrons. The van der Waals surface area contributed by atoms with Gasteiger partial charge in [-0.1, -0.05) is 46.5 Å². The number of hydrogen-bond donors (Lipinski definition) is 0. The third-order valence-corrected chi connectivity index (χ3v) is 1.75. The van der Waals surface area contributed by atoms with Gasteiger partial charge in [0.15, 0.2) is 0 Å². The first-order valence-electron chi connectivity index (χ1n) is 3.81. The average Bonchev–Trinajstić information content (AvgIpc) is 1.83. The molecule has 0 spiro atoms. The first-order valence-corrected chi connectivity index (χ1v) is 3.81. The van der Waals surface area contributed by atoms with Gasteiger partial charge in [-0.3, -0.25) is 0 Å². The van der Waals surface area contributed by atoms with E-state index in [1.165, 1.54) is 25.7 Å². The molecule has 0 aliphatic heterocycles. The van der Waals surface area contributed by atoms with Crippen LogP contribution in [0.5, 0.6) is 0 Å². The van der Waals surface area contributed by atoms with Gasteiger partial charge in [0.1, 0.15) is 0 Å². The van der Waals surface area contributed by atoms with E-state index in [2.05, 4.69) is 20.8 Å². The van der Waals surface area contributed by atoms with E-state index >= 15 is 0 Å². The lowest BCUT2D eigenvalue weighted by Gasteiger charge is -2.04. The Bertz CT molecular complexity index is 39.3. The SMILES string of the molecule is CCCC[C@@H](C)CC. The van der Waals surface area contributed by atoms with Crippen LogP contribution in [0.2, 0.25) is 0 Å².